The number of rotatable bonds is 4. The van der Waals surface area contributed by atoms with Crippen LogP contribution in [0.3, 0.4) is 0 Å². The Balaban J connectivity index is 1.83. The van der Waals surface area contributed by atoms with Crippen molar-refractivity contribution >= 4 is 39.5 Å². The van der Waals surface area contributed by atoms with Crippen LogP contribution in [-0.4, -0.2) is 32.1 Å². The first-order valence-corrected chi connectivity index (χ1v) is 8.49. The predicted molar refractivity (Wildman–Crippen MR) is 91.0 cm³/mol. The zero-order valence-electron chi connectivity index (χ0n) is 12.9. The molecule has 0 atom stereocenters. The molecule has 7 nitrogen and oxygen atoms in total. The number of thioether (sulfide) groups is 1. The topological polar surface area (TPSA) is 88.9 Å². The van der Waals surface area contributed by atoms with Crippen LogP contribution in [0.5, 0.6) is 0 Å². The Morgan fingerprint density at radius 1 is 1.22 bits per heavy atom. The second kappa shape index (κ2) is 7.60. The average Bonchev–Trinajstić information content (AvgIpc) is 2.80. The zero-order valence-corrected chi connectivity index (χ0v) is 15.3. The van der Waals surface area contributed by atoms with Crippen LogP contribution in [0.4, 0.5) is 0 Å². The van der Waals surface area contributed by atoms with Crippen molar-refractivity contribution in [3.8, 4) is 0 Å². The third-order valence-corrected chi connectivity index (χ3v) is 4.09. The number of amides is 2. The summed E-state index contributed by atoms with van der Waals surface area (Å²) in [6.45, 7) is 3.74. The van der Waals surface area contributed by atoms with E-state index >= 15 is 0 Å². The predicted octanol–water partition coefficient (Wildman–Crippen LogP) is 1.75. The molecule has 0 aliphatic heterocycles. The fourth-order valence-corrected chi connectivity index (χ4v) is 3.14. The van der Waals surface area contributed by atoms with Gasteiger partial charge < -0.3 is 4.57 Å². The molecule has 0 spiro atoms. The molecular weight excluding hydrogens is 382 g/mol. The van der Waals surface area contributed by atoms with Gasteiger partial charge in [-0.05, 0) is 41.9 Å². The molecule has 2 heterocycles. The molecule has 0 unspecified atom stereocenters. The van der Waals surface area contributed by atoms with Gasteiger partial charge in [0.1, 0.15) is 5.69 Å². The molecule has 0 aromatic carbocycles. The number of aryl methyl sites for hydroxylation is 3. The third-order valence-electron chi connectivity index (χ3n) is 2.81. The molecule has 0 saturated heterocycles. The fourth-order valence-electron chi connectivity index (χ4n) is 1.86. The summed E-state index contributed by atoms with van der Waals surface area (Å²) in [5.41, 5.74) is 6.88. The zero-order chi connectivity index (χ0) is 17.0. The van der Waals surface area contributed by atoms with Crippen LogP contribution in [0.15, 0.2) is 28.0 Å². The molecule has 2 rings (SSSR count). The number of nitrogens with one attached hydrogen (secondary N) is 2. The molecule has 2 aromatic heterocycles. The van der Waals surface area contributed by atoms with Crippen LogP contribution in [0.2, 0.25) is 0 Å². The van der Waals surface area contributed by atoms with Gasteiger partial charge in [-0.25, -0.2) is 9.97 Å². The van der Waals surface area contributed by atoms with E-state index in [1.807, 2.05) is 19.9 Å². The minimum atomic E-state index is -0.390. The van der Waals surface area contributed by atoms with Crippen molar-refractivity contribution in [3.63, 3.8) is 0 Å². The lowest BCUT2D eigenvalue weighted by molar-refractivity contribution is -0.119. The first-order chi connectivity index (χ1) is 10.8. The van der Waals surface area contributed by atoms with Gasteiger partial charge in [-0.1, -0.05) is 11.8 Å². The largest absolute Gasteiger partial charge is 0.345 e. The van der Waals surface area contributed by atoms with Crippen LogP contribution in [-0.2, 0) is 11.8 Å². The summed E-state index contributed by atoms with van der Waals surface area (Å²) in [4.78, 5) is 32.2. The van der Waals surface area contributed by atoms with Crippen LogP contribution in [0.1, 0.15) is 21.9 Å². The average molecular weight is 398 g/mol. The summed E-state index contributed by atoms with van der Waals surface area (Å²) in [5, 5.41) is 0.537. The van der Waals surface area contributed by atoms with E-state index in [0.717, 1.165) is 15.9 Å². The summed E-state index contributed by atoms with van der Waals surface area (Å²) in [6.07, 6.45) is 1.75. The molecule has 0 radical (unpaired) electrons. The van der Waals surface area contributed by atoms with Gasteiger partial charge >= 0.3 is 0 Å². The quantitative estimate of drug-likeness (QED) is 0.466. The summed E-state index contributed by atoms with van der Waals surface area (Å²) in [5.74, 6) is -0.612. The van der Waals surface area contributed by atoms with Crippen molar-refractivity contribution in [1.82, 2.24) is 25.4 Å². The Morgan fingerprint density at radius 2 is 1.87 bits per heavy atom. The highest BCUT2D eigenvalue weighted by molar-refractivity contribution is 9.10. The maximum Gasteiger partial charge on any atom is 0.286 e. The Bertz CT molecular complexity index is 727. The van der Waals surface area contributed by atoms with E-state index in [1.165, 1.54) is 11.8 Å². The number of hydrogen-bond donors (Lipinski definition) is 2. The molecule has 23 heavy (non-hydrogen) atoms. The van der Waals surface area contributed by atoms with E-state index in [1.54, 1.807) is 23.9 Å². The highest BCUT2D eigenvalue weighted by atomic mass is 79.9. The first-order valence-electron chi connectivity index (χ1n) is 6.71. The minimum Gasteiger partial charge on any atom is -0.345 e. The lowest BCUT2D eigenvalue weighted by Crippen LogP contribution is -2.43. The second-order valence-electron chi connectivity index (χ2n) is 4.88. The van der Waals surface area contributed by atoms with Crippen LogP contribution < -0.4 is 10.9 Å². The molecule has 122 valence electrons. The Hall–Kier alpha value is -1.87. The van der Waals surface area contributed by atoms with Crippen molar-refractivity contribution in [2.24, 2.45) is 7.05 Å². The first kappa shape index (κ1) is 17.5. The van der Waals surface area contributed by atoms with Crippen LogP contribution in [0.25, 0.3) is 0 Å². The van der Waals surface area contributed by atoms with Gasteiger partial charge in [0.2, 0.25) is 5.91 Å². The van der Waals surface area contributed by atoms with E-state index in [4.69, 9.17) is 0 Å². The summed E-state index contributed by atoms with van der Waals surface area (Å²) in [6, 6.07) is 3.53. The highest BCUT2D eigenvalue weighted by Crippen LogP contribution is 2.14. The summed E-state index contributed by atoms with van der Waals surface area (Å²) in [7, 11) is 1.74. The van der Waals surface area contributed by atoms with E-state index < -0.39 is 0 Å². The third kappa shape index (κ3) is 5.07. The second-order valence-corrected chi connectivity index (χ2v) is 6.74. The molecule has 0 saturated carbocycles. The Morgan fingerprint density at radius 3 is 2.43 bits per heavy atom. The standard InChI is InChI=1S/C14H16BrN5O2S/c1-8-4-9(2)17-14(16-8)23-7-12(21)18-19-13(22)11-5-10(15)6-20(11)3/h4-6H,7H2,1-3H3,(H,18,21)(H,19,22). The van der Waals surface area contributed by atoms with Crippen molar-refractivity contribution in [2.45, 2.75) is 19.0 Å². The van der Waals surface area contributed by atoms with E-state index in [0.29, 0.717) is 10.9 Å². The van der Waals surface area contributed by atoms with E-state index in [-0.39, 0.29) is 17.6 Å². The van der Waals surface area contributed by atoms with Crippen molar-refractivity contribution in [3.05, 3.63) is 39.9 Å². The maximum atomic E-state index is 11.9. The van der Waals surface area contributed by atoms with Crippen LogP contribution in [0, 0.1) is 13.8 Å². The fraction of sp³-hybridized carbons (Fsp3) is 0.286. The monoisotopic (exact) mass is 397 g/mol. The van der Waals surface area contributed by atoms with Gasteiger partial charge in [-0.3, -0.25) is 20.4 Å². The van der Waals surface area contributed by atoms with Gasteiger partial charge in [0.15, 0.2) is 5.16 Å². The number of nitrogens with zero attached hydrogens (tertiary/aromatic N) is 3. The number of aromatic nitrogens is 3. The molecule has 2 N–H and O–H groups in total. The smallest absolute Gasteiger partial charge is 0.286 e. The number of carbonyl (C=O) groups is 2. The van der Waals surface area contributed by atoms with Gasteiger partial charge in [-0.2, -0.15) is 0 Å². The maximum absolute atomic E-state index is 11.9. The SMILES string of the molecule is Cc1cc(C)nc(SCC(=O)NNC(=O)c2cc(Br)cn2C)n1. The van der Waals surface area contributed by atoms with Crippen LogP contribution >= 0.6 is 27.7 Å². The van der Waals surface area contributed by atoms with Gasteiger partial charge in [0.05, 0.1) is 5.75 Å². The Labute approximate surface area is 146 Å². The summed E-state index contributed by atoms with van der Waals surface area (Å²) >= 11 is 4.50. The lowest BCUT2D eigenvalue weighted by Gasteiger charge is -2.07. The molecule has 0 aliphatic carbocycles. The number of halogens is 1. The molecule has 2 amide bonds. The molecule has 0 aliphatic rings. The van der Waals surface area contributed by atoms with Gasteiger partial charge in [-0.15, -0.1) is 0 Å². The molecule has 2 aromatic rings. The molecule has 9 heteroatoms. The van der Waals surface area contributed by atoms with Gasteiger partial charge in [0.25, 0.3) is 5.91 Å². The number of hydrogen-bond acceptors (Lipinski definition) is 5. The number of carbonyl (C=O) groups excluding carboxylic acids is 2. The van der Waals surface area contributed by atoms with Crippen molar-refractivity contribution in [2.75, 3.05) is 5.75 Å². The van der Waals surface area contributed by atoms with Gasteiger partial charge in [0, 0.05) is 29.1 Å². The molecule has 0 fully saturated rings. The minimum absolute atomic E-state index is 0.111. The van der Waals surface area contributed by atoms with E-state index in [2.05, 4.69) is 36.7 Å². The Kier molecular flexibility index (Phi) is 5.78. The molecular formula is C14H16BrN5O2S. The normalized spacial score (nSPS) is 10.4. The lowest BCUT2D eigenvalue weighted by atomic mass is 10.4. The van der Waals surface area contributed by atoms with E-state index in [9.17, 15) is 9.59 Å². The van der Waals surface area contributed by atoms with Crippen molar-refractivity contribution < 1.29 is 9.59 Å². The summed E-state index contributed by atoms with van der Waals surface area (Å²) < 4.78 is 2.45. The number of hydrazine groups is 1. The molecule has 0 bridgehead atoms. The van der Waals surface area contributed by atoms with Crippen molar-refractivity contribution in [1.29, 1.82) is 0 Å². The highest BCUT2D eigenvalue weighted by Gasteiger charge is 2.12.